The minimum atomic E-state index is -0.758. The topological polar surface area (TPSA) is 54.0 Å². The first-order valence-electron chi connectivity index (χ1n) is 9.80. The lowest BCUT2D eigenvalue weighted by Gasteiger charge is -2.12. The van der Waals surface area contributed by atoms with Gasteiger partial charge in [0.2, 0.25) is 0 Å². The van der Waals surface area contributed by atoms with Crippen molar-refractivity contribution < 1.29 is 23.7 Å². The zero-order chi connectivity index (χ0) is 20.4. The molecule has 0 bridgehead atoms. The largest absolute Gasteiger partial charge is 0.519 e. The van der Waals surface area contributed by atoms with Crippen LogP contribution in [-0.2, 0) is 22.3 Å². The van der Waals surface area contributed by atoms with Gasteiger partial charge in [-0.3, -0.25) is 0 Å². The molecule has 0 spiro atoms. The number of rotatable bonds is 10. The molecule has 0 fully saturated rings. The van der Waals surface area contributed by atoms with E-state index in [1.54, 1.807) is 24.3 Å². The Morgan fingerprint density at radius 3 is 1.39 bits per heavy atom. The normalized spacial score (nSPS) is 13.0. The molecule has 2 rings (SSSR count). The van der Waals surface area contributed by atoms with Crippen LogP contribution in [0.1, 0.15) is 38.8 Å². The van der Waals surface area contributed by atoms with Crippen LogP contribution in [0.15, 0.2) is 48.5 Å². The first kappa shape index (κ1) is 21.9. The second-order valence-electron chi connectivity index (χ2n) is 6.68. The van der Waals surface area contributed by atoms with Gasteiger partial charge in [-0.25, -0.2) is 4.79 Å². The second kappa shape index (κ2) is 11.5. The highest BCUT2D eigenvalue weighted by Gasteiger charge is 2.10. The summed E-state index contributed by atoms with van der Waals surface area (Å²) in [5.41, 5.74) is 2.25. The van der Waals surface area contributed by atoms with Crippen LogP contribution >= 0.6 is 0 Å². The zero-order valence-electron chi connectivity index (χ0n) is 17.1. The van der Waals surface area contributed by atoms with Crippen LogP contribution in [0.2, 0.25) is 0 Å². The Balaban J connectivity index is 1.83. The fourth-order valence-corrected chi connectivity index (χ4v) is 2.95. The third-order valence-corrected chi connectivity index (χ3v) is 4.20. The van der Waals surface area contributed by atoms with Gasteiger partial charge in [0.15, 0.2) is 0 Å². The van der Waals surface area contributed by atoms with Gasteiger partial charge in [-0.15, -0.1) is 0 Å². The van der Waals surface area contributed by atoms with E-state index in [4.69, 9.17) is 18.9 Å². The zero-order valence-corrected chi connectivity index (χ0v) is 17.1. The molecule has 2 atom stereocenters. The molecule has 2 aromatic rings. The first-order chi connectivity index (χ1) is 13.5. The van der Waals surface area contributed by atoms with Crippen molar-refractivity contribution in [2.45, 2.75) is 52.7 Å². The van der Waals surface area contributed by atoms with Gasteiger partial charge in [0, 0.05) is 13.2 Å². The van der Waals surface area contributed by atoms with Gasteiger partial charge in [0.25, 0.3) is 0 Å². The quantitative estimate of drug-likeness (QED) is 0.415. The summed E-state index contributed by atoms with van der Waals surface area (Å²) in [5, 5.41) is 0. The molecular weight excluding hydrogens is 356 g/mol. The minimum Gasteiger partial charge on any atom is -0.395 e. The average Bonchev–Trinajstić information content (AvgIpc) is 2.65. The van der Waals surface area contributed by atoms with E-state index in [1.165, 1.54) is 0 Å². The number of hydrogen-bond acceptors (Lipinski definition) is 5. The number of benzene rings is 2. The van der Waals surface area contributed by atoms with Gasteiger partial charge in [-0.2, -0.15) is 0 Å². The maximum absolute atomic E-state index is 12.0. The van der Waals surface area contributed by atoms with E-state index >= 15 is 0 Å². The third kappa shape index (κ3) is 7.71. The molecule has 2 unspecified atom stereocenters. The summed E-state index contributed by atoms with van der Waals surface area (Å²) in [5.74, 6) is 0.889. The van der Waals surface area contributed by atoms with Crippen molar-refractivity contribution in [3.05, 3.63) is 59.7 Å². The predicted molar refractivity (Wildman–Crippen MR) is 109 cm³/mol. The van der Waals surface area contributed by atoms with Gasteiger partial charge >= 0.3 is 6.16 Å². The maximum Gasteiger partial charge on any atom is 0.519 e. The molecule has 152 valence electrons. The molecule has 2 aromatic carbocycles. The fraction of sp³-hybridized carbons (Fsp3) is 0.435. The van der Waals surface area contributed by atoms with E-state index in [1.807, 2.05) is 52.0 Å². The molecule has 0 saturated carbocycles. The Morgan fingerprint density at radius 2 is 1.07 bits per heavy atom. The lowest BCUT2D eigenvalue weighted by Crippen LogP contribution is -2.14. The number of ether oxygens (including phenoxy) is 4. The molecule has 5 nitrogen and oxygen atoms in total. The van der Waals surface area contributed by atoms with Crippen LogP contribution in [0, 0.1) is 0 Å². The van der Waals surface area contributed by atoms with E-state index < -0.39 is 6.16 Å². The highest BCUT2D eigenvalue weighted by Crippen LogP contribution is 2.18. The van der Waals surface area contributed by atoms with Crippen molar-refractivity contribution in [1.82, 2.24) is 0 Å². The lowest BCUT2D eigenvalue weighted by molar-refractivity contribution is 0.0766. The SMILES string of the molecule is CCOC(C)Cc1ccc(OC(=O)Oc2ccc(CC(C)OCC)cc2)cc1. The Labute approximate surface area is 167 Å². The second-order valence-corrected chi connectivity index (χ2v) is 6.68. The van der Waals surface area contributed by atoms with E-state index in [0.717, 1.165) is 24.0 Å². The molecule has 0 saturated heterocycles. The molecule has 0 aromatic heterocycles. The van der Waals surface area contributed by atoms with Crippen LogP contribution in [0.5, 0.6) is 11.5 Å². The lowest BCUT2D eigenvalue weighted by atomic mass is 10.1. The monoisotopic (exact) mass is 386 g/mol. The van der Waals surface area contributed by atoms with E-state index in [9.17, 15) is 4.79 Å². The van der Waals surface area contributed by atoms with Gasteiger partial charge in [-0.1, -0.05) is 24.3 Å². The van der Waals surface area contributed by atoms with Crippen molar-refractivity contribution in [2.75, 3.05) is 13.2 Å². The maximum atomic E-state index is 12.0. The molecule has 0 aliphatic carbocycles. The summed E-state index contributed by atoms with van der Waals surface area (Å²) in [7, 11) is 0. The van der Waals surface area contributed by atoms with Gasteiger partial charge in [-0.05, 0) is 75.9 Å². The summed E-state index contributed by atoms with van der Waals surface area (Å²) in [6, 6.07) is 14.7. The van der Waals surface area contributed by atoms with Crippen LogP contribution in [-0.4, -0.2) is 31.6 Å². The Kier molecular flexibility index (Phi) is 8.98. The number of hydrogen-bond donors (Lipinski definition) is 0. The summed E-state index contributed by atoms with van der Waals surface area (Å²) in [6.07, 6.45) is 1.17. The summed E-state index contributed by atoms with van der Waals surface area (Å²) in [6.45, 7) is 9.42. The molecule has 0 amide bonds. The van der Waals surface area contributed by atoms with Crippen LogP contribution in [0.3, 0.4) is 0 Å². The standard InChI is InChI=1S/C23H30O5/c1-5-25-17(3)15-19-7-11-21(12-8-19)27-23(24)28-22-13-9-20(10-14-22)16-18(4)26-6-2/h7-14,17-18H,5-6,15-16H2,1-4H3. The van der Waals surface area contributed by atoms with Gasteiger partial charge in [0.1, 0.15) is 11.5 Å². The molecule has 0 N–H and O–H groups in total. The van der Waals surface area contributed by atoms with Crippen molar-refractivity contribution >= 4 is 6.16 Å². The van der Waals surface area contributed by atoms with Gasteiger partial charge in [0.05, 0.1) is 12.2 Å². The molecule has 0 aliphatic heterocycles. The molecular formula is C23H30O5. The average molecular weight is 386 g/mol. The number of carbonyl (C=O) groups is 1. The molecule has 0 heterocycles. The van der Waals surface area contributed by atoms with Crippen LogP contribution < -0.4 is 9.47 Å². The van der Waals surface area contributed by atoms with Crippen LogP contribution in [0.4, 0.5) is 4.79 Å². The minimum absolute atomic E-state index is 0.154. The molecule has 5 heteroatoms. The molecule has 28 heavy (non-hydrogen) atoms. The Morgan fingerprint density at radius 1 is 0.714 bits per heavy atom. The Hall–Kier alpha value is -2.37. The molecule has 0 radical (unpaired) electrons. The summed E-state index contributed by atoms with van der Waals surface area (Å²) < 4.78 is 21.6. The van der Waals surface area contributed by atoms with Crippen molar-refractivity contribution in [1.29, 1.82) is 0 Å². The van der Waals surface area contributed by atoms with Crippen molar-refractivity contribution in [3.63, 3.8) is 0 Å². The van der Waals surface area contributed by atoms with E-state index in [2.05, 4.69) is 0 Å². The van der Waals surface area contributed by atoms with E-state index in [-0.39, 0.29) is 12.2 Å². The third-order valence-electron chi connectivity index (χ3n) is 4.20. The number of carbonyl (C=O) groups excluding carboxylic acids is 1. The fourth-order valence-electron chi connectivity index (χ4n) is 2.95. The Bertz CT molecular complexity index is 647. The summed E-state index contributed by atoms with van der Waals surface area (Å²) >= 11 is 0. The van der Waals surface area contributed by atoms with Crippen molar-refractivity contribution in [2.24, 2.45) is 0 Å². The highest BCUT2D eigenvalue weighted by molar-refractivity contribution is 5.67. The van der Waals surface area contributed by atoms with Gasteiger partial charge < -0.3 is 18.9 Å². The highest BCUT2D eigenvalue weighted by atomic mass is 16.7. The predicted octanol–water partition coefficient (Wildman–Crippen LogP) is 5.20. The molecule has 0 aliphatic rings. The van der Waals surface area contributed by atoms with Crippen LogP contribution in [0.25, 0.3) is 0 Å². The van der Waals surface area contributed by atoms with E-state index in [0.29, 0.717) is 24.7 Å². The smallest absolute Gasteiger partial charge is 0.395 e. The summed E-state index contributed by atoms with van der Waals surface area (Å²) in [4.78, 5) is 12.0. The van der Waals surface area contributed by atoms with Crippen molar-refractivity contribution in [3.8, 4) is 11.5 Å². The first-order valence-corrected chi connectivity index (χ1v) is 9.80.